The minimum Gasteiger partial charge on any atom is -0.480 e. The van der Waals surface area contributed by atoms with Gasteiger partial charge in [-0.2, -0.15) is 0 Å². The number of rotatable bonds is 8. The summed E-state index contributed by atoms with van der Waals surface area (Å²) in [6.07, 6.45) is -16.0. The van der Waals surface area contributed by atoms with Gasteiger partial charge >= 0.3 is 5.97 Å². The molecule has 0 aromatic rings. The molecule has 2 rings (SSSR count). The second-order valence-electron chi connectivity index (χ2n) is 6.78. The Bertz CT molecular complexity index is 536. The highest BCUT2D eigenvalue weighted by Crippen LogP contribution is 2.29. The quantitative estimate of drug-likeness (QED) is 0.174. The molecule has 10 N–H and O–H groups in total. The SMILES string of the molecule is NC(COC1O[C@H](CO)[C@@H](O)[C@H](O)[C@@H]1OC1O[C@H](CO)[C@@H](O)[C@H](O)[C@@H]1O)C(=O)O. The first kappa shape index (κ1) is 24.3. The first-order valence-corrected chi connectivity index (χ1v) is 8.80. The molecular weight excluding hydrogens is 402 g/mol. The zero-order chi connectivity index (χ0) is 21.9. The van der Waals surface area contributed by atoms with Crippen molar-refractivity contribution in [2.75, 3.05) is 19.8 Å². The number of ether oxygens (including phenoxy) is 4. The summed E-state index contributed by atoms with van der Waals surface area (Å²) in [5, 5.41) is 77.5. The Morgan fingerprint density at radius 3 is 1.90 bits per heavy atom. The van der Waals surface area contributed by atoms with Crippen LogP contribution in [0.1, 0.15) is 0 Å². The Morgan fingerprint density at radius 2 is 1.38 bits per heavy atom. The Hall–Kier alpha value is -1.01. The van der Waals surface area contributed by atoms with Gasteiger partial charge in [0.05, 0.1) is 19.8 Å². The van der Waals surface area contributed by atoms with Gasteiger partial charge in [-0.25, -0.2) is 0 Å². The molecule has 29 heavy (non-hydrogen) atoms. The summed E-state index contributed by atoms with van der Waals surface area (Å²) in [7, 11) is 0. The lowest BCUT2D eigenvalue weighted by Gasteiger charge is -2.46. The number of hydrogen-bond acceptors (Lipinski definition) is 13. The first-order valence-electron chi connectivity index (χ1n) is 8.80. The van der Waals surface area contributed by atoms with Gasteiger partial charge in [0, 0.05) is 0 Å². The van der Waals surface area contributed by atoms with Gasteiger partial charge in [0.1, 0.15) is 54.9 Å². The maximum atomic E-state index is 10.9. The first-order chi connectivity index (χ1) is 13.6. The van der Waals surface area contributed by atoms with Gasteiger partial charge in [0.25, 0.3) is 0 Å². The van der Waals surface area contributed by atoms with E-state index in [0.29, 0.717) is 0 Å². The van der Waals surface area contributed by atoms with Crippen LogP contribution in [0.5, 0.6) is 0 Å². The number of carboxylic acids is 1. The fourth-order valence-corrected chi connectivity index (χ4v) is 2.94. The normalized spacial score (nSPS) is 44.4. The number of aliphatic hydroxyl groups is 7. The molecule has 2 heterocycles. The number of carbonyl (C=O) groups is 1. The minimum atomic E-state index is -1.81. The van der Waals surface area contributed by atoms with Crippen LogP contribution >= 0.6 is 0 Å². The van der Waals surface area contributed by atoms with Gasteiger partial charge in [0.2, 0.25) is 0 Å². The summed E-state index contributed by atoms with van der Waals surface area (Å²) >= 11 is 0. The van der Waals surface area contributed by atoms with Crippen LogP contribution in [0.25, 0.3) is 0 Å². The average Bonchev–Trinajstić information content (AvgIpc) is 2.70. The number of aliphatic hydroxyl groups excluding tert-OH is 7. The molecule has 2 aliphatic rings. The lowest BCUT2D eigenvalue weighted by Crippen LogP contribution is -2.64. The smallest absolute Gasteiger partial charge is 0.322 e. The number of nitrogens with two attached hydrogens (primary N) is 1. The highest BCUT2D eigenvalue weighted by molar-refractivity contribution is 5.73. The monoisotopic (exact) mass is 429 g/mol. The van der Waals surface area contributed by atoms with E-state index in [9.17, 15) is 40.5 Å². The highest BCUT2D eigenvalue weighted by Gasteiger charge is 2.50. The Labute approximate surface area is 164 Å². The summed E-state index contributed by atoms with van der Waals surface area (Å²) in [6, 6.07) is -1.46. The molecule has 170 valence electrons. The highest BCUT2D eigenvalue weighted by atomic mass is 16.8. The molecular formula is C15H27NO13. The van der Waals surface area contributed by atoms with Gasteiger partial charge in [-0.3, -0.25) is 4.79 Å². The molecule has 0 spiro atoms. The standard InChI is InChI=1S/C15H27NO13/c16-4(13(24)25)3-26-15-12(10(22)8(20)6(2-18)28-15)29-14-11(23)9(21)7(19)5(1-17)27-14/h4-12,14-15,17-23H,1-3,16H2,(H,24,25)/t4?,5-,6-,7-,8-,9+,10+,11+,12+,14?,15?/m1/s1. The van der Waals surface area contributed by atoms with Crippen molar-refractivity contribution in [2.24, 2.45) is 5.73 Å². The van der Waals surface area contributed by atoms with E-state index in [4.69, 9.17) is 29.8 Å². The number of carboxylic acid groups (broad SMARTS) is 1. The summed E-state index contributed by atoms with van der Waals surface area (Å²) in [6.45, 7) is -2.03. The maximum absolute atomic E-state index is 10.9. The molecule has 14 heteroatoms. The van der Waals surface area contributed by atoms with Crippen LogP contribution in [0, 0.1) is 0 Å². The van der Waals surface area contributed by atoms with Crippen molar-refractivity contribution in [2.45, 2.75) is 67.5 Å². The van der Waals surface area contributed by atoms with Crippen molar-refractivity contribution >= 4 is 5.97 Å². The van der Waals surface area contributed by atoms with E-state index >= 15 is 0 Å². The Morgan fingerprint density at radius 1 is 0.862 bits per heavy atom. The zero-order valence-electron chi connectivity index (χ0n) is 15.2. The molecule has 2 aliphatic heterocycles. The van der Waals surface area contributed by atoms with Crippen molar-refractivity contribution in [3.63, 3.8) is 0 Å². The second-order valence-corrected chi connectivity index (χ2v) is 6.78. The van der Waals surface area contributed by atoms with Gasteiger partial charge in [0.15, 0.2) is 12.6 Å². The van der Waals surface area contributed by atoms with E-state index < -0.39 is 93.2 Å². The number of hydrogen-bond donors (Lipinski definition) is 9. The minimum absolute atomic E-state index is 0.588. The molecule has 0 aliphatic carbocycles. The van der Waals surface area contributed by atoms with E-state index in [0.717, 1.165) is 0 Å². The van der Waals surface area contributed by atoms with Gasteiger partial charge in [-0.05, 0) is 0 Å². The summed E-state index contributed by atoms with van der Waals surface area (Å²) < 4.78 is 21.1. The van der Waals surface area contributed by atoms with Crippen LogP contribution in [-0.2, 0) is 23.7 Å². The summed E-state index contributed by atoms with van der Waals surface area (Å²) in [5.41, 5.74) is 5.35. The summed E-state index contributed by atoms with van der Waals surface area (Å²) in [5.74, 6) is -1.38. The zero-order valence-corrected chi connectivity index (χ0v) is 15.2. The van der Waals surface area contributed by atoms with Crippen LogP contribution in [0.15, 0.2) is 0 Å². The van der Waals surface area contributed by atoms with Crippen molar-refractivity contribution in [1.29, 1.82) is 0 Å². The van der Waals surface area contributed by atoms with Crippen LogP contribution in [0.2, 0.25) is 0 Å². The topological polar surface area (TPSA) is 242 Å². The van der Waals surface area contributed by atoms with Crippen LogP contribution < -0.4 is 5.73 Å². The lowest BCUT2D eigenvalue weighted by molar-refractivity contribution is -0.367. The molecule has 14 nitrogen and oxygen atoms in total. The predicted molar refractivity (Wildman–Crippen MR) is 88.0 cm³/mol. The molecule has 0 amide bonds. The average molecular weight is 429 g/mol. The van der Waals surface area contributed by atoms with Gasteiger partial charge in [-0.15, -0.1) is 0 Å². The molecule has 0 aromatic carbocycles. The van der Waals surface area contributed by atoms with Crippen molar-refractivity contribution in [3.05, 3.63) is 0 Å². The van der Waals surface area contributed by atoms with Crippen molar-refractivity contribution < 1.29 is 64.6 Å². The molecule has 3 unspecified atom stereocenters. The van der Waals surface area contributed by atoms with E-state index in [-0.39, 0.29) is 0 Å². The van der Waals surface area contributed by atoms with Crippen LogP contribution in [0.4, 0.5) is 0 Å². The third-order valence-electron chi connectivity index (χ3n) is 4.72. The van der Waals surface area contributed by atoms with Crippen molar-refractivity contribution in [3.8, 4) is 0 Å². The van der Waals surface area contributed by atoms with Gasteiger partial charge in [-0.1, -0.05) is 0 Å². The molecule has 0 radical (unpaired) electrons. The fraction of sp³-hybridized carbons (Fsp3) is 0.933. The van der Waals surface area contributed by atoms with Crippen molar-refractivity contribution in [1.82, 2.24) is 0 Å². The number of aliphatic carboxylic acids is 1. The van der Waals surface area contributed by atoms with E-state index in [1.54, 1.807) is 0 Å². The molecule has 0 saturated carbocycles. The molecule has 11 atom stereocenters. The molecule has 0 bridgehead atoms. The molecule has 2 fully saturated rings. The lowest BCUT2D eigenvalue weighted by atomic mass is 9.97. The van der Waals surface area contributed by atoms with E-state index in [2.05, 4.69) is 0 Å². The fourth-order valence-electron chi connectivity index (χ4n) is 2.94. The maximum Gasteiger partial charge on any atom is 0.322 e. The third kappa shape index (κ3) is 5.38. The third-order valence-corrected chi connectivity index (χ3v) is 4.72. The molecule has 2 saturated heterocycles. The summed E-state index contributed by atoms with van der Waals surface area (Å²) in [4.78, 5) is 10.9. The Kier molecular flexibility index (Phi) is 8.65. The largest absolute Gasteiger partial charge is 0.480 e. The molecule has 0 aromatic heterocycles. The predicted octanol–water partition coefficient (Wildman–Crippen LogP) is -5.96. The van der Waals surface area contributed by atoms with Gasteiger partial charge < -0.3 is 65.5 Å². The Balaban J connectivity index is 2.16. The van der Waals surface area contributed by atoms with E-state index in [1.807, 2.05) is 0 Å². The van der Waals surface area contributed by atoms with Crippen LogP contribution in [0.3, 0.4) is 0 Å². The second kappa shape index (κ2) is 10.3. The van der Waals surface area contributed by atoms with E-state index in [1.165, 1.54) is 0 Å². The van der Waals surface area contributed by atoms with Crippen LogP contribution in [-0.4, -0.2) is 134 Å².